The molecule has 0 atom stereocenters. The fraction of sp³-hybridized carbons (Fsp3) is 0.344. The maximum atomic E-state index is 13.2. The van der Waals surface area contributed by atoms with Crippen molar-refractivity contribution in [3.8, 4) is 17.0 Å². The van der Waals surface area contributed by atoms with E-state index in [2.05, 4.69) is 60.2 Å². The van der Waals surface area contributed by atoms with Gasteiger partial charge in [-0.3, -0.25) is 9.69 Å². The molecule has 208 valence electrons. The molecule has 4 aromatic rings. The molecule has 40 heavy (non-hydrogen) atoms. The van der Waals surface area contributed by atoms with Crippen LogP contribution in [0.1, 0.15) is 67.1 Å². The van der Waals surface area contributed by atoms with Crippen LogP contribution in [0.3, 0.4) is 0 Å². The van der Waals surface area contributed by atoms with Crippen LogP contribution in [-0.4, -0.2) is 37.3 Å². The molecule has 0 saturated carbocycles. The number of rotatable bonds is 6. The average Bonchev–Trinajstić information content (AvgIpc) is 3.53. The second-order valence-corrected chi connectivity index (χ2v) is 13.4. The first kappa shape index (κ1) is 26.6. The van der Waals surface area contributed by atoms with Gasteiger partial charge < -0.3 is 14.5 Å². The number of carbonyl (C=O) groups is 1. The molecule has 0 bridgehead atoms. The second-order valence-electron chi connectivity index (χ2n) is 11.9. The highest BCUT2D eigenvalue weighted by Gasteiger charge is 2.30. The highest BCUT2D eigenvalue weighted by atomic mass is 32.2. The standard InChI is InChI=1S/C32H35N3O4S/c1-32(2,3)23-8-10-24(11-9-23)40(37,38)39-29-14-12-25(30-26(29)19-33-31(30)36)28-18-22-17-21(7-13-27(22)34-28)20-35-15-5-4-6-16-35/h7-14,17-18,34H,4-6,15-16,19-20H2,1-3H3,(H,33,36). The van der Waals surface area contributed by atoms with Crippen molar-refractivity contribution in [3.05, 3.63) is 82.9 Å². The first-order valence-electron chi connectivity index (χ1n) is 13.9. The zero-order chi connectivity index (χ0) is 28.1. The third-order valence-corrected chi connectivity index (χ3v) is 9.21. The fourth-order valence-electron chi connectivity index (χ4n) is 5.71. The molecule has 0 unspecified atom stereocenters. The minimum atomic E-state index is -4.08. The van der Waals surface area contributed by atoms with Crippen molar-refractivity contribution in [1.82, 2.24) is 15.2 Å². The molecule has 0 aliphatic carbocycles. The SMILES string of the molecule is CC(C)(C)c1ccc(S(=O)(=O)Oc2ccc(-c3cc4cc(CN5CCCCC5)ccc4[nH]3)c3c2CNC3=O)cc1. The lowest BCUT2D eigenvalue weighted by molar-refractivity contribution is 0.0966. The van der Waals surface area contributed by atoms with Crippen molar-refractivity contribution in [2.45, 2.75) is 63.4 Å². The summed E-state index contributed by atoms with van der Waals surface area (Å²) >= 11 is 0. The minimum Gasteiger partial charge on any atom is -0.379 e. The first-order chi connectivity index (χ1) is 19.1. The summed E-state index contributed by atoms with van der Waals surface area (Å²) in [7, 11) is -4.08. The number of aromatic nitrogens is 1. The Balaban J connectivity index is 1.30. The number of H-pyrrole nitrogens is 1. The molecule has 0 spiro atoms. The number of likely N-dealkylation sites (tertiary alicyclic amines) is 1. The molecule has 1 aromatic heterocycles. The van der Waals surface area contributed by atoms with Crippen molar-refractivity contribution in [2.24, 2.45) is 0 Å². The van der Waals surface area contributed by atoms with Crippen LogP contribution in [0.5, 0.6) is 5.75 Å². The third kappa shape index (κ3) is 5.13. The Hall–Kier alpha value is -3.62. The van der Waals surface area contributed by atoms with Gasteiger partial charge in [-0.15, -0.1) is 0 Å². The summed E-state index contributed by atoms with van der Waals surface area (Å²) in [5, 5.41) is 3.92. The van der Waals surface area contributed by atoms with E-state index >= 15 is 0 Å². The van der Waals surface area contributed by atoms with Crippen molar-refractivity contribution in [2.75, 3.05) is 13.1 Å². The van der Waals surface area contributed by atoms with E-state index in [1.165, 1.54) is 24.8 Å². The van der Waals surface area contributed by atoms with Gasteiger partial charge in [0, 0.05) is 40.8 Å². The van der Waals surface area contributed by atoms with Crippen LogP contribution in [0.15, 0.2) is 65.6 Å². The molecule has 2 aliphatic heterocycles. The smallest absolute Gasteiger partial charge is 0.339 e. The van der Waals surface area contributed by atoms with Crippen molar-refractivity contribution in [1.29, 1.82) is 0 Å². The van der Waals surface area contributed by atoms with E-state index in [9.17, 15) is 13.2 Å². The summed E-state index contributed by atoms with van der Waals surface area (Å²) in [5.41, 5.74) is 5.71. The molecule has 8 heteroatoms. The van der Waals surface area contributed by atoms with Crippen LogP contribution in [0.4, 0.5) is 0 Å². The average molecular weight is 558 g/mol. The maximum absolute atomic E-state index is 13.2. The molecule has 1 fully saturated rings. The predicted molar refractivity (Wildman–Crippen MR) is 157 cm³/mol. The summed E-state index contributed by atoms with van der Waals surface area (Å²) in [6.07, 6.45) is 3.83. The van der Waals surface area contributed by atoms with Crippen LogP contribution >= 0.6 is 0 Å². The van der Waals surface area contributed by atoms with E-state index in [1.54, 1.807) is 24.3 Å². The van der Waals surface area contributed by atoms with E-state index < -0.39 is 10.1 Å². The molecule has 6 rings (SSSR count). The van der Waals surface area contributed by atoms with Gasteiger partial charge in [0.2, 0.25) is 0 Å². The number of hydrogen-bond acceptors (Lipinski definition) is 5. The number of nitrogens with one attached hydrogen (secondary N) is 2. The molecule has 2 N–H and O–H groups in total. The van der Waals surface area contributed by atoms with Gasteiger partial charge in [-0.05, 0) is 84.9 Å². The molecule has 1 saturated heterocycles. The van der Waals surface area contributed by atoms with Crippen molar-refractivity contribution in [3.63, 3.8) is 0 Å². The van der Waals surface area contributed by atoms with Crippen molar-refractivity contribution >= 4 is 26.9 Å². The molecule has 3 aromatic carbocycles. The Morgan fingerprint density at radius 3 is 2.40 bits per heavy atom. The molecular weight excluding hydrogens is 522 g/mol. The third-order valence-electron chi connectivity index (χ3n) is 7.96. The Morgan fingerprint density at radius 1 is 0.925 bits per heavy atom. The van der Waals surface area contributed by atoms with Gasteiger partial charge in [-0.25, -0.2) is 0 Å². The van der Waals surface area contributed by atoms with Gasteiger partial charge in [0.05, 0.1) is 5.56 Å². The number of fused-ring (bicyclic) bond motifs is 2. The van der Waals surface area contributed by atoms with Crippen LogP contribution in [0.25, 0.3) is 22.2 Å². The van der Waals surface area contributed by atoms with E-state index in [0.29, 0.717) is 11.1 Å². The van der Waals surface area contributed by atoms with Gasteiger partial charge in [-0.2, -0.15) is 8.42 Å². The zero-order valence-corrected chi connectivity index (χ0v) is 24.0. The minimum absolute atomic E-state index is 0.0755. The van der Waals surface area contributed by atoms with Gasteiger partial charge in [0.15, 0.2) is 0 Å². The quantitative estimate of drug-likeness (QED) is 0.278. The monoisotopic (exact) mass is 557 g/mol. The number of carbonyl (C=O) groups excluding carboxylic acids is 1. The number of piperidine rings is 1. The van der Waals surface area contributed by atoms with E-state index in [4.69, 9.17) is 4.18 Å². The molecular formula is C32H35N3O4S. The lowest BCUT2D eigenvalue weighted by Crippen LogP contribution is -2.28. The normalized spacial score (nSPS) is 16.2. The molecule has 7 nitrogen and oxygen atoms in total. The Morgan fingerprint density at radius 2 is 1.68 bits per heavy atom. The largest absolute Gasteiger partial charge is 0.379 e. The summed E-state index contributed by atoms with van der Waals surface area (Å²) in [6.45, 7) is 9.65. The zero-order valence-electron chi connectivity index (χ0n) is 23.2. The number of aromatic amines is 1. The summed E-state index contributed by atoms with van der Waals surface area (Å²) in [6, 6.07) is 18.7. The van der Waals surface area contributed by atoms with Crippen LogP contribution in [0.2, 0.25) is 0 Å². The summed E-state index contributed by atoms with van der Waals surface area (Å²) in [4.78, 5) is 19.0. The highest BCUT2D eigenvalue weighted by molar-refractivity contribution is 7.87. The number of amides is 1. The molecule has 3 heterocycles. The van der Waals surface area contributed by atoms with Crippen molar-refractivity contribution < 1.29 is 17.4 Å². The van der Waals surface area contributed by atoms with Gasteiger partial charge in [-0.1, -0.05) is 45.4 Å². The van der Waals surface area contributed by atoms with Gasteiger partial charge in [0.1, 0.15) is 10.6 Å². The summed E-state index contributed by atoms with van der Waals surface area (Å²) < 4.78 is 31.9. The van der Waals surface area contributed by atoms with E-state index in [-0.39, 0.29) is 28.5 Å². The van der Waals surface area contributed by atoms with Crippen LogP contribution in [0, 0.1) is 0 Å². The maximum Gasteiger partial charge on any atom is 0.339 e. The molecule has 1 amide bonds. The lowest BCUT2D eigenvalue weighted by Gasteiger charge is -2.26. The second kappa shape index (κ2) is 10.1. The van der Waals surface area contributed by atoms with E-state index in [0.717, 1.165) is 47.4 Å². The highest BCUT2D eigenvalue weighted by Crippen LogP contribution is 2.37. The van der Waals surface area contributed by atoms with Gasteiger partial charge >= 0.3 is 10.1 Å². The van der Waals surface area contributed by atoms with Crippen LogP contribution < -0.4 is 9.50 Å². The first-order valence-corrected chi connectivity index (χ1v) is 15.3. The Kier molecular flexibility index (Phi) is 6.71. The lowest BCUT2D eigenvalue weighted by atomic mass is 9.87. The number of benzene rings is 3. The van der Waals surface area contributed by atoms with Crippen LogP contribution in [-0.2, 0) is 28.6 Å². The topological polar surface area (TPSA) is 91.5 Å². The Labute approximate surface area is 235 Å². The summed E-state index contributed by atoms with van der Waals surface area (Å²) in [5.74, 6) is -0.0799. The molecule has 2 aliphatic rings. The predicted octanol–water partition coefficient (Wildman–Crippen LogP) is 6.13. The number of hydrogen-bond donors (Lipinski definition) is 2. The fourth-order valence-corrected chi connectivity index (χ4v) is 6.67. The van der Waals surface area contributed by atoms with Gasteiger partial charge in [0.25, 0.3) is 5.91 Å². The van der Waals surface area contributed by atoms with E-state index in [1.807, 2.05) is 12.1 Å². The molecule has 0 radical (unpaired) electrons. The number of nitrogens with zero attached hydrogens (tertiary/aromatic N) is 1. The Bertz CT molecular complexity index is 1690.